The quantitative estimate of drug-likeness (QED) is 0.459. The van der Waals surface area contributed by atoms with Gasteiger partial charge in [0.05, 0.1) is 8.65 Å². The Balaban J connectivity index is 0. The van der Waals surface area contributed by atoms with E-state index in [1.165, 1.54) is 0 Å². The van der Waals surface area contributed by atoms with Crippen LogP contribution < -0.4 is 0 Å². The molecule has 0 N–H and O–H groups in total. The first-order valence-corrected chi connectivity index (χ1v) is 6.84. The molecule has 0 spiro atoms. The zero-order valence-corrected chi connectivity index (χ0v) is 14.7. The van der Waals surface area contributed by atoms with E-state index in [-0.39, 0.29) is 9.39 Å². The highest BCUT2D eigenvalue weighted by molar-refractivity contribution is 9.20. The molecule has 0 aromatic carbocycles. The first-order valence-electron chi connectivity index (χ1n) is 3.66. The molecule has 6 heteroatoms. The summed E-state index contributed by atoms with van der Waals surface area (Å²) in [5.41, 5.74) is 0. The van der Waals surface area contributed by atoms with Crippen LogP contribution in [0.1, 0.15) is 27.7 Å². The van der Waals surface area contributed by atoms with Crippen LogP contribution in [-0.2, 0) is 9.59 Å². The highest BCUT2D eigenvalue weighted by Crippen LogP contribution is 2.19. The molecular formula is C8H12Br4O2. The van der Waals surface area contributed by atoms with Gasteiger partial charge in [-0.15, -0.1) is 0 Å². The van der Waals surface area contributed by atoms with Crippen LogP contribution in [0.15, 0.2) is 0 Å². The Morgan fingerprint density at radius 3 is 0.857 bits per heavy atom. The fourth-order valence-electron chi connectivity index (χ4n) is 0. The Kier molecular flexibility index (Phi) is 8.52. The summed E-state index contributed by atoms with van der Waals surface area (Å²) in [4.78, 5) is 20.7. The summed E-state index contributed by atoms with van der Waals surface area (Å²) in [6.07, 6.45) is 0. The van der Waals surface area contributed by atoms with Gasteiger partial charge >= 0.3 is 0 Å². The molecule has 0 aromatic rings. The molecule has 0 saturated heterocycles. The van der Waals surface area contributed by atoms with Gasteiger partial charge in [0.1, 0.15) is 0 Å². The molecule has 0 aromatic heterocycles. The summed E-state index contributed by atoms with van der Waals surface area (Å²) in [7, 11) is 0. The molecule has 0 aliphatic heterocycles. The number of rotatable bonds is 2. The monoisotopic (exact) mass is 456 g/mol. The lowest BCUT2D eigenvalue weighted by Crippen LogP contribution is -2.17. The number of halogens is 4. The normalized spacial score (nSPS) is 11.4. The van der Waals surface area contributed by atoms with E-state index in [2.05, 4.69) is 63.7 Å². The lowest BCUT2D eigenvalue weighted by Gasteiger charge is -2.06. The summed E-state index contributed by atoms with van der Waals surface area (Å²) in [6, 6.07) is 0. The van der Waals surface area contributed by atoms with Gasteiger partial charge in [-0.3, -0.25) is 9.59 Å². The summed E-state index contributed by atoms with van der Waals surface area (Å²) in [5, 5.41) is 0. The second-order valence-electron chi connectivity index (χ2n) is 3.49. The maximum absolute atomic E-state index is 10.3. The van der Waals surface area contributed by atoms with E-state index in [0.717, 1.165) is 0 Å². The SMILES string of the molecule is CC(C)(Br)C(=O)Br.CC(C)(Br)C(=O)Br. The second kappa shape index (κ2) is 6.76. The van der Waals surface area contributed by atoms with Gasteiger partial charge < -0.3 is 0 Å². The average Bonchev–Trinajstić information content (AvgIpc) is 1.83. The third kappa shape index (κ3) is 11.3. The van der Waals surface area contributed by atoms with Crippen LogP contribution in [0.3, 0.4) is 0 Å². The molecule has 0 heterocycles. The molecule has 2 nitrogen and oxygen atoms in total. The molecule has 0 atom stereocenters. The fourth-order valence-corrected chi connectivity index (χ4v) is 0. The van der Waals surface area contributed by atoms with Crippen LogP contribution in [0.2, 0.25) is 0 Å². The maximum atomic E-state index is 10.3. The van der Waals surface area contributed by atoms with E-state index in [0.29, 0.717) is 0 Å². The number of carbonyl (C=O) groups excluding carboxylic acids is 2. The van der Waals surface area contributed by atoms with Crippen molar-refractivity contribution in [3.8, 4) is 0 Å². The number of carbonyl (C=O) groups is 2. The second-order valence-corrected chi connectivity index (χ2v) is 8.90. The maximum Gasteiger partial charge on any atom is 0.213 e. The molecule has 84 valence electrons. The Bertz CT molecular complexity index is 188. The smallest absolute Gasteiger partial charge is 0.213 e. The van der Waals surface area contributed by atoms with Crippen molar-refractivity contribution in [1.82, 2.24) is 0 Å². The van der Waals surface area contributed by atoms with Crippen LogP contribution in [-0.4, -0.2) is 18.0 Å². The number of hydrogen-bond acceptors (Lipinski definition) is 2. The van der Waals surface area contributed by atoms with Gasteiger partial charge in [0.15, 0.2) is 0 Å². The van der Waals surface area contributed by atoms with E-state index in [1.807, 2.05) is 0 Å². The molecular weight excluding hydrogens is 448 g/mol. The summed E-state index contributed by atoms with van der Waals surface area (Å²) >= 11 is 11.9. The first kappa shape index (κ1) is 17.6. The van der Waals surface area contributed by atoms with Crippen molar-refractivity contribution in [3.63, 3.8) is 0 Å². The molecule has 0 saturated carbocycles. The molecule has 0 fully saturated rings. The molecule has 0 rings (SSSR count). The van der Waals surface area contributed by atoms with Crippen molar-refractivity contribution in [2.45, 2.75) is 36.3 Å². The predicted molar refractivity (Wildman–Crippen MR) is 73.9 cm³/mol. The highest BCUT2D eigenvalue weighted by atomic mass is 79.9. The Morgan fingerprint density at radius 2 is 0.857 bits per heavy atom. The van der Waals surface area contributed by atoms with Crippen LogP contribution in [0.25, 0.3) is 0 Å². The minimum Gasteiger partial charge on any atom is -0.285 e. The predicted octanol–water partition coefficient (Wildman–Crippen LogP) is 4.16. The zero-order chi connectivity index (χ0) is 12.2. The van der Waals surface area contributed by atoms with Crippen molar-refractivity contribution in [2.75, 3.05) is 0 Å². The first-order chi connectivity index (χ1) is 5.89. The van der Waals surface area contributed by atoms with Gasteiger partial charge in [0, 0.05) is 0 Å². The van der Waals surface area contributed by atoms with Crippen LogP contribution in [0, 0.1) is 0 Å². The molecule has 0 bridgehead atoms. The van der Waals surface area contributed by atoms with Gasteiger partial charge in [0.2, 0.25) is 9.39 Å². The van der Waals surface area contributed by atoms with Crippen molar-refractivity contribution >= 4 is 73.1 Å². The van der Waals surface area contributed by atoms with Crippen molar-refractivity contribution in [2.24, 2.45) is 0 Å². The van der Waals surface area contributed by atoms with Gasteiger partial charge in [-0.2, -0.15) is 0 Å². The molecule has 0 amide bonds. The summed E-state index contributed by atoms with van der Waals surface area (Å²) in [5.74, 6) is 0. The van der Waals surface area contributed by atoms with Gasteiger partial charge in [-0.25, -0.2) is 0 Å². The van der Waals surface area contributed by atoms with Crippen LogP contribution >= 0.6 is 63.7 Å². The number of hydrogen-bond donors (Lipinski definition) is 0. The highest BCUT2D eigenvalue weighted by Gasteiger charge is 2.20. The third-order valence-corrected chi connectivity index (χ3v) is 4.70. The Labute approximate surface area is 118 Å². The lowest BCUT2D eigenvalue weighted by atomic mass is 10.3. The molecule has 0 aliphatic rings. The van der Waals surface area contributed by atoms with E-state index in [1.54, 1.807) is 27.7 Å². The molecule has 0 unspecified atom stereocenters. The summed E-state index contributed by atoms with van der Waals surface area (Å²) < 4.78 is -0.875. The van der Waals surface area contributed by atoms with Crippen LogP contribution in [0.5, 0.6) is 0 Å². The van der Waals surface area contributed by atoms with Gasteiger partial charge in [-0.1, -0.05) is 31.9 Å². The minimum absolute atomic E-state index is 0.0278. The van der Waals surface area contributed by atoms with Crippen molar-refractivity contribution in [1.29, 1.82) is 0 Å². The van der Waals surface area contributed by atoms with Crippen molar-refractivity contribution < 1.29 is 9.59 Å². The molecule has 14 heavy (non-hydrogen) atoms. The van der Waals surface area contributed by atoms with E-state index in [4.69, 9.17) is 0 Å². The fraction of sp³-hybridized carbons (Fsp3) is 0.750. The van der Waals surface area contributed by atoms with Gasteiger partial charge in [0.25, 0.3) is 0 Å². The minimum atomic E-state index is -0.410. The lowest BCUT2D eigenvalue weighted by molar-refractivity contribution is -0.112. The third-order valence-electron chi connectivity index (χ3n) is 0.935. The van der Waals surface area contributed by atoms with E-state index < -0.39 is 8.65 Å². The summed E-state index contributed by atoms with van der Waals surface area (Å²) in [6.45, 7) is 7.13. The largest absolute Gasteiger partial charge is 0.285 e. The topological polar surface area (TPSA) is 34.1 Å². The zero-order valence-electron chi connectivity index (χ0n) is 8.33. The van der Waals surface area contributed by atoms with Crippen LogP contribution in [0.4, 0.5) is 0 Å². The molecule has 0 aliphatic carbocycles. The van der Waals surface area contributed by atoms with Gasteiger partial charge in [-0.05, 0) is 59.6 Å². The Hall–Kier alpha value is 1.26. The van der Waals surface area contributed by atoms with E-state index >= 15 is 0 Å². The average molecular weight is 460 g/mol. The standard InChI is InChI=1S/2C4H6Br2O/c2*1-4(2,6)3(5)7/h2*1-2H3. The molecule has 0 radical (unpaired) electrons. The van der Waals surface area contributed by atoms with Crippen molar-refractivity contribution in [3.05, 3.63) is 0 Å². The van der Waals surface area contributed by atoms with E-state index in [9.17, 15) is 9.59 Å². The number of alkyl halides is 2. The Morgan fingerprint density at radius 1 is 0.786 bits per heavy atom.